The van der Waals surface area contributed by atoms with E-state index in [1.807, 2.05) is 0 Å². The van der Waals surface area contributed by atoms with Crippen LogP contribution in [-0.2, 0) is 15.7 Å². The molecule has 0 bridgehead atoms. The molecule has 3 aliphatic carbocycles. The first-order valence-electron chi connectivity index (χ1n) is 11.4. The van der Waals surface area contributed by atoms with Crippen molar-refractivity contribution >= 4 is 17.1 Å². The van der Waals surface area contributed by atoms with Gasteiger partial charge in [-0.3, -0.25) is 0 Å². The molecule has 1 saturated heterocycles. The van der Waals surface area contributed by atoms with Crippen LogP contribution in [-0.4, -0.2) is 57.5 Å². The largest absolute Gasteiger partial charge is 0.453 e. The lowest BCUT2D eigenvalue weighted by Crippen LogP contribution is -2.66. The second kappa shape index (κ2) is 7.33. The van der Waals surface area contributed by atoms with Crippen LogP contribution in [0.25, 0.3) is 0 Å². The summed E-state index contributed by atoms with van der Waals surface area (Å²) < 4.78 is 20.0. The van der Waals surface area contributed by atoms with Gasteiger partial charge in [-0.05, 0) is 73.8 Å². The molecule has 0 aromatic heterocycles. The van der Waals surface area contributed by atoms with Crippen LogP contribution in [0, 0.1) is 5.41 Å². The Morgan fingerprint density at radius 1 is 1.13 bits per heavy atom. The van der Waals surface area contributed by atoms with Crippen LogP contribution in [0.15, 0.2) is 24.3 Å². The molecule has 3 saturated carbocycles. The Hall–Kier alpha value is -1.40. The van der Waals surface area contributed by atoms with Gasteiger partial charge in [0.2, 0.25) is 0 Å². The van der Waals surface area contributed by atoms with E-state index in [1.165, 1.54) is 44.8 Å². The number of hydrogen-bond donors (Lipinski definition) is 0. The molecule has 164 valence electrons. The minimum absolute atomic E-state index is 0.162. The lowest BCUT2D eigenvalue weighted by Gasteiger charge is -2.60. The van der Waals surface area contributed by atoms with Gasteiger partial charge in [0.05, 0.1) is 23.3 Å². The van der Waals surface area contributed by atoms with E-state index in [2.05, 4.69) is 35.5 Å². The standard InChI is InChI=1S/C24H34N2O3S/c1-23(25(2)22(27)29-3)13-21(14-23)30(28)26-15-24(16-26)11-20(12-24)19-9-5-8-18(10-19)17-6-4-7-17/h5,8-10,17,20-21H,4,6-7,11-16H2,1-3H3. The van der Waals surface area contributed by atoms with Crippen molar-refractivity contribution in [3.05, 3.63) is 35.4 Å². The highest BCUT2D eigenvalue weighted by molar-refractivity contribution is 7.83. The minimum Gasteiger partial charge on any atom is -0.453 e. The zero-order valence-corrected chi connectivity index (χ0v) is 19.2. The normalized spacial score (nSPS) is 31.8. The van der Waals surface area contributed by atoms with Crippen LogP contribution in [0.1, 0.15) is 74.8 Å². The number of benzene rings is 1. The topological polar surface area (TPSA) is 49.9 Å². The molecule has 1 spiro atoms. The number of methoxy groups -OCH3 is 1. The van der Waals surface area contributed by atoms with Gasteiger partial charge >= 0.3 is 6.09 Å². The lowest BCUT2D eigenvalue weighted by molar-refractivity contribution is -0.0251. The smallest absolute Gasteiger partial charge is 0.409 e. The van der Waals surface area contributed by atoms with Crippen LogP contribution in [0.5, 0.6) is 0 Å². The van der Waals surface area contributed by atoms with Gasteiger partial charge in [-0.15, -0.1) is 0 Å². The number of amides is 1. The molecule has 1 aromatic rings. The molecule has 5 rings (SSSR count). The number of hydrogen-bond acceptors (Lipinski definition) is 3. The Labute approximate surface area is 182 Å². The molecule has 4 aliphatic rings. The number of carbonyl (C=O) groups excluding carboxylic acids is 1. The van der Waals surface area contributed by atoms with Crippen LogP contribution >= 0.6 is 0 Å². The molecule has 0 radical (unpaired) electrons. The molecule has 1 unspecified atom stereocenters. The molecule has 1 amide bonds. The van der Waals surface area contributed by atoms with Gasteiger partial charge in [0.1, 0.15) is 0 Å². The predicted octanol–water partition coefficient (Wildman–Crippen LogP) is 4.42. The van der Waals surface area contributed by atoms with Gasteiger partial charge in [-0.25, -0.2) is 13.3 Å². The zero-order chi connectivity index (χ0) is 21.1. The van der Waals surface area contributed by atoms with Gasteiger partial charge in [-0.2, -0.15) is 0 Å². The van der Waals surface area contributed by atoms with Gasteiger partial charge < -0.3 is 9.64 Å². The van der Waals surface area contributed by atoms with E-state index in [1.54, 1.807) is 17.5 Å². The first-order valence-corrected chi connectivity index (χ1v) is 12.6. The van der Waals surface area contributed by atoms with Crippen LogP contribution < -0.4 is 0 Å². The Bertz CT molecular complexity index is 848. The number of ether oxygens (including phenoxy) is 1. The summed E-state index contributed by atoms with van der Waals surface area (Å²) in [5.74, 6) is 1.48. The molecular formula is C24H34N2O3S. The highest BCUT2D eigenvalue weighted by Gasteiger charge is 2.57. The summed E-state index contributed by atoms with van der Waals surface area (Å²) in [5.41, 5.74) is 3.22. The van der Waals surface area contributed by atoms with E-state index in [0.29, 0.717) is 11.3 Å². The minimum atomic E-state index is -0.933. The van der Waals surface area contributed by atoms with E-state index >= 15 is 0 Å². The summed E-state index contributed by atoms with van der Waals surface area (Å²) >= 11 is 0. The molecule has 0 N–H and O–H groups in total. The Morgan fingerprint density at radius 2 is 1.77 bits per heavy atom. The molecular weight excluding hydrogens is 396 g/mol. The first-order chi connectivity index (χ1) is 14.3. The molecule has 1 aromatic carbocycles. The summed E-state index contributed by atoms with van der Waals surface area (Å²) in [6, 6.07) is 9.32. The van der Waals surface area contributed by atoms with E-state index in [4.69, 9.17) is 4.74 Å². The summed E-state index contributed by atoms with van der Waals surface area (Å²) in [6.07, 6.45) is 7.82. The number of rotatable bonds is 5. The first kappa shape index (κ1) is 20.5. The van der Waals surface area contributed by atoms with Gasteiger partial charge in [0.15, 0.2) is 0 Å². The summed E-state index contributed by atoms with van der Waals surface area (Å²) in [7, 11) is 2.25. The van der Waals surface area contributed by atoms with Crippen molar-refractivity contribution in [2.24, 2.45) is 5.41 Å². The Kier molecular flexibility index (Phi) is 5.01. The SMILES string of the molecule is COC(=O)N(C)C1(C)CC(S(=O)N2CC3(CC(c4cccc(C5CCC5)c4)C3)C2)C1. The maximum atomic E-state index is 13.0. The maximum absolute atomic E-state index is 13.0. The van der Waals surface area contributed by atoms with Gasteiger partial charge in [0, 0.05) is 25.7 Å². The quantitative estimate of drug-likeness (QED) is 0.695. The van der Waals surface area contributed by atoms with Gasteiger partial charge in [0.25, 0.3) is 0 Å². The highest BCUT2D eigenvalue weighted by Crippen LogP contribution is 2.57. The third kappa shape index (κ3) is 3.31. The van der Waals surface area contributed by atoms with Crippen molar-refractivity contribution < 1.29 is 13.7 Å². The van der Waals surface area contributed by atoms with Crippen LogP contribution in [0.3, 0.4) is 0 Å². The summed E-state index contributed by atoms with van der Waals surface area (Å²) in [6.45, 7) is 4.00. The maximum Gasteiger partial charge on any atom is 0.409 e. The van der Waals surface area contributed by atoms with Crippen molar-refractivity contribution in [3.63, 3.8) is 0 Å². The lowest BCUT2D eigenvalue weighted by atomic mass is 9.57. The molecule has 4 fully saturated rings. The van der Waals surface area contributed by atoms with Crippen LogP contribution in [0.4, 0.5) is 4.79 Å². The van der Waals surface area contributed by atoms with Crippen molar-refractivity contribution in [1.82, 2.24) is 9.21 Å². The van der Waals surface area contributed by atoms with Crippen molar-refractivity contribution in [3.8, 4) is 0 Å². The fraction of sp³-hybridized carbons (Fsp3) is 0.708. The van der Waals surface area contributed by atoms with E-state index in [-0.39, 0.29) is 16.9 Å². The number of carbonyl (C=O) groups is 1. The van der Waals surface area contributed by atoms with E-state index in [0.717, 1.165) is 31.8 Å². The van der Waals surface area contributed by atoms with Crippen molar-refractivity contribution in [2.45, 2.75) is 74.5 Å². The average molecular weight is 431 g/mol. The molecule has 30 heavy (non-hydrogen) atoms. The fourth-order valence-electron chi connectivity index (χ4n) is 6.02. The van der Waals surface area contributed by atoms with E-state index in [9.17, 15) is 9.00 Å². The highest BCUT2D eigenvalue weighted by atomic mass is 32.2. The average Bonchev–Trinajstić information content (AvgIpc) is 2.60. The zero-order valence-electron chi connectivity index (χ0n) is 18.4. The van der Waals surface area contributed by atoms with Crippen molar-refractivity contribution in [1.29, 1.82) is 0 Å². The second-order valence-corrected chi connectivity index (χ2v) is 12.3. The van der Waals surface area contributed by atoms with E-state index < -0.39 is 11.0 Å². The summed E-state index contributed by atoms with van der Waals surface area (Å²) in [4.78, 5) is 13.5. The monoisotopic (exact) mass is 430 g/mol. The predicted molar refractivity (Wildman–Crippen MR) is 119 cm³/mol. The molecule has 1 aliphatic heterocycles. The Morgan fingerprint density at radius 3 is 2.33 bits per heavy atom. The fourth-order valence-corrected chi connectivity index (χ4v) is 8.25. The number of nitrogens with zero attached hydrogens (tertiary/aromatic N) is 2. The summed E-state index contributed by atoms with van der Waals surface area (Å²) in [5, 5.41) is 0.162. The van der Waals surface area contributed by atoms with Gasteiger partial charge in [-0.1, -0.05) is 30.7 Å². The molecule has 1 atom stereocenters. The third-order valence-electron chi connectivity index (χ3n) is 8.47. The second-order valence-electron chi connectivity index (χ2n) is 10.5. The molecule has 5 nitrogen and oxygen atoms in total. The Balaban J connectivity index is 1.10. The van der Waals surface area contributed by atoms with Crippen molar-refractivity contribution in [2.75, 3.05) is 27.2 Å². The third-order valence-corrected chi connectivity index (χ3v) is 10.1. The molecule has 1 heterocycles. The molecule has 6 heteroatoms. The van der Waals surface area contributed by atoms with Crippen LogP contribution in [0.2, 0.25) is 0 Å².